The topological polar surface area (TPSA) is 85.0 Å². The summed E-state index contributed by atoms with van der Waals surface area (Å²) in [6, 6.07) is 7.31. The first-order valence-electron chi connectivity index (χ1n) is 6.93. The first-order valence-corrected chi connectivity index (χ1v) is 6.93. The van der Waals surface area contributed by atoms with Gasteiger partial charge in [-0.25, -0.2) is 4.79 Å². The highest BCUT2D eigenvalue weighted by molar-refractivity contribution is 5.87. The molecule has 0 saturated carbocycles. The fourth-order valence-electron chi connectivity index (χ4n) is 2.10. The molecule has 0 aliphatic rings. The SMILES string of the molecule is Cc1cnn(CCNC(C)c2ccc(NC(N)=O)cc2)c1. The van der Waals surface area contributed by atoms with Gasteiger partial charge in [-0.2, -0.15) is 5.10 Å². The number of benzene rings is 1. The zero-order chi connectivity index (χ0) is 15.2. The number of nitrogens with zero attached hydrogens (tertiary/aromatic N) is 2. The number of hydrogen-bond donors (Lipinski definition) is 3. The summed E-state index contributed by atoms with van der Waals surface area (Å²) in [5, 5.41) is 10.2. The van der Waals surface area contributed by atoms with Gasteiger partial charge in [0, 0.05) is 24.5 Å². The van der Waals surface area contributed by atoms with Gasteiger partial charge in [-0.3, -0.25) is 4.68 Å². The number of aryl methyl sites for hydroxylation is 1. The van der Waals surface area contributed by atoms with Crippen molar-refractivity contribution in [2.45, 2.75) is 26.4 Å². The van der Waals surface area contributed by atoms with Crippen LogP contribution in [0.4, 0.5) is 10.5 Å². The first-order chi connectivity index (χ1) is 10.0. The number of carbonyl (C=O) groups is 1. The molecule has 1 aromatic carbocycles. The van der Waals surface area contributed by atoms with Gasteiger partial charge < -0.3 is 16.4 Å². The van der Waals surface area contributed by atoms with Gasteiger partial charge in [-0.05, 0) is 37.1 Å². The van der Waals surface area contributed by atoms with Crippen molar-refractivity contribution >= 4 is 11.7 Å². The standard InChI is InChI=1S/C15H21N5O/c1-11-9-18-20(10-11)8-7-17-12(2)13-3-5-14(6-4-13)19-15(16)21/h3-6,9-10,12,17H,7-8H2,1-2H3,(H3,16,19,21). The summed E-state index contributed by atoms with van der Waals surface area (Å²) >= 11 is 0. The number of nitrogens with two attached hydrogens (primary N) is 1. The number of hydrogen-bond acceptors (Lipinski definition) is 3. The van der Waals surface area contributed by atoms with Crippen LogP contribution < -0.4 is 16.4 Å². The second-order valence-electron chi connectivity index (χ2n) is 5.07. The third-order valence-electron chi connectivity index (χ3n) is 3.23. The van der Waals surface area contributed by atoms with E-state index in [1.165, 1.54) is 5.56 Å². The third-order valence-corrected chi connectivity index (χ3v) is 3.23. The minimum atomic E-state index is -0.552. The average molecular weight is 287 g/mol. The highest BCUT2D eigenvalue weighted by Gasteiger charge is 2.05. The van der Waals surface area contributed by atoms with Crippen molar-refractivity contribution in [3.05, 3.63) is 47.8 Å². The number of aromatic nitrogens is 2. The van der Waals surface area contributed by atoms with Gasteiger partial charge >= 0.3 is 6.03 Å². The van der Waals surface area contributed by atoms with Gasteiger partial charge in [-0.1, -0.05) is 12.1 Å². The number of carbonyl (C=O) groups excluding carboxylic acids is 1. The summed E-state index contributed by atoms with van der Waals surface area (Å²) in [6.07, 6.45) is 3.88. The number of anilines is 1. The van der Waals surface area contributed by atoms with Crippen molar-refractivity contribution in [3.63, 3.8) is 0 Å². The van der Waals surface area contributed by atoms with Crippen molar-refractivity contribution in [2.75, 3.05) is 11.9 Å². The van der Waals surface area contributed by atoms with E-state index in [1.807, 2.05) is 48.3 Å². The lowest BCUT2D eigenvalue weighted by Gasteiger charge is -2.15. The lowest BCUT2D eigenvalue weighted by molar-refractivity contribution is 0.259. The maximum atomic E-state index is 10.8. The van der Waals surface area contributed by atoms with Gasteiger partial charge in [0.1, 0.15) is 0 Å². The number of nitrogens with one attached hydrogen (secondary N) is 2. The molecule has 2 amide bonds. The van der Waals surface area contributed by atoms with Crippen LogP contribution in [0, 0.1) is 6.92 Å². The molecule has 2 aromatic rings. The molecular formula is C15H21N5O. The van der Waals surface area contributed by atoms with Gasteiger partial charge in [0.25, 0.3) is 0 Å². The number of primary amides is 1. The monoisotopic (exact) mass is 287 g/mol. The second-order valence-corrected chi connectivity index (χ2v) is 5.07. The van der Waals surface area contributed by atoms with E-state index in [0.29, 0.717) is 5.69 Å². The number of rotatable bonds is 6. The minimum absolute atomic E-state index is 0.226. The van der Waals surface area contributed by atoms with E-state index in [4.69, 9.17) is 5.73 Å². The molecule has 0 spiro atoms. The molecule has 0 aliphatic heterocycles. The van der Waals surface area contributed by atoms with Crippen LogP contribution in [-0.4, -0.2) is 22.4 Å². The van der Waals surface area contributed by atoms with Crippen LogP contribution >= 0.6 is 0 Å². The molecule has 1 atom stereocenters. The van der Waals surface area contributed by atoms with Crippen LogP contribution in [0.5, 0.6) is 0 Å². The summed E-state index contributed by atoms with van der Waals surface area (Å²) in [7, 11) is 0. The van der Waals surface area contributed by atoms with Crippen LogP contribution in [0.3, 0.4) is 0 Å². The normalized spacial score (nSPS) is 12.1. The molecule has 6 nitrogen and oxygen atoms in total. The van der Waals surface area contributed by atoms with E-state index < -0.39 is 6.03 Å². The van der Waals surface area contributed by atoms with Crippen molar-refractivity contribution in [1.29, 1.82) is 0 Å². The van der Waals surface area contributed by atoms with E-state index >= 15 is 0 Å². The smallest absolute Gasteiger partial charge is 0.316 e. The molecule has 112 valence electrons. The van der Waals surface area contributed by atoms with E-state index in [9.17, 15) is 4.79 Å². The maximum Gasteiger partial charge on any atom is 0.316 e. The van der Waals surface area contributed by atoms with Crippen LogP contribution in [-0.2, 0) is 6.54 Å². The Kier molecular flexibility index (Phi) is 4.94. The van der Waals surface area contributed by atoms with Gasteiger partial charge in [0.2, 0.25) is 0 Å². The molecule has 0 radical (unpaired) electrons. The Balaban J connectivity index is 1.82. The lowest BCUT2D eigenvalue weighted by Crippen LogP contribution is -2.23. The molecule has 2 rings (SSSR count). The van der Waals surface area contributed by atoms with E-state index in [2.05, 4.69) is 22.7 Å². The Morgan fingerprint density at radius 3 is 2.67 bits per heavy atom. The quantitative estimate of drug-likeness (QED) is 0.760. The van der Waals surface area contributed by atoms with Crippen molar-refractivity contribution in [2.24, 2.45) is 5.73 Å². The predicted octanol–water partition coefficient (Wildman–Crippen LogP) is 2.03. The highest BCUT2D eigenvalue weighted by atomic mass is 16.2. The first kappa shape index (κ1) is 15.1. The third kappa shape index (κ3) is 4.61. The Bertz CT molecular complexity index is 590. The van der Waals surface area contributed by atoms with Gasteiger partial charge in [0.15, 0.2) is 0 Å². The zero-order valence-corrected chi connectivity index (χ0v) is 12.3. The molecule has 1 unspecified atom stereocenters. The molecule has 0 fully saturated rings. The second kappa shape index (κ2) is 6.90. The largest absolute Gasteiger partial charge is 0.351 e. The molecule has 0 saturated heterocycles. The minimum Gasteiger partial charge on any atom is -0.351 e. The van der Waals surface area contributed by atoms with E-state index in [-0.39, 0.29) is 6.04 Å². The molecule has 21 heavy (non-hydrogen) atoms. The van der Waals surface area contributed by atoms with E-state index in [0.717, 1.165) is 18.7 Å². The molecular weight excluding hydrogens is 266 g/mol. The van der Waals surface area contributed by atoms with E-state index in [1.54, 1.807) is 0 Å². The fraction of sp³-hybridized carbons (Fsp3) is 0.333. The summed E-state index contributed by atoms with van der Waals surface area (Å²) in [5.74, 6) is 0. The number of urea groups is 1. The van der Waals surface area contributed by atoms with Crippen molar-refractivity contribution < 1.29 is 4.79 Å². The fourth-order valence-corrected chi connectivity index (χ4v) is 2.10. The molecule has 0 bridgehead atoms. The summed E-state index contributed by atoms with van der Waals surface area (Å²) in [4.78, 5) is 10.8. The Hall–Kier alpha value is -2.34. The Morgan fingerprint density at radius 2 is 2.10 bits per heavy atom. The Morgan fingerprint density at radius 1 is 1.38 bits per heavy atom. The van der Waals surface area contributed by atoms with Gasteiger partial charge in [-0.15, -0.1) is 0 Å². The zero-order valence-electron chi connectivity index (χ0n) is 12.3. The Labute approximate surface area is 124 Å². The molecule has 0 aliphatic carbocycles. The summed E-state index contributed by atoms with van der Waals surface area (Å²) in [5.41, 5.74) is 8.10. The lowest BCUT2D eigenvalue weighted by atomic mass is 10.1. The van der Waals surface area contributed by atoms with Crippen LogP contribution in [0.1, 0.15) is 24.1 Å². The highest BCUT2D eigenvalue weighted by Crippen LogP contribution is 2.15. The predicted molar refractivity (Wildman–Crippen MR) is 83.0 cm³/mol. The maximum absolute atomic E-state index is 10.8. The van der Waals surface area contributed by atoms with Crippen molar-refractivity contribution in [3.8, 4) is 0 Å². The summed E-state index contributed by atoms with van der Waals surface area (Å²) < 4.78 is 1.93. The molecule has 4 N–H and O–H groups in total. The average Bonchev–Trinajstić information content (AvgIpc) is 2.84. The number of amides is 2. The molecule has 6 heteroatoms. The molecule has 1 aromatic heterocycles. The van der Waals surface area contributed by atoms with Gasteiger partial charge in [0.05, 0.1) is 12.7 Å². The summed E-state index contributed by atoms with van der Waals surface area (Å²) in [6.45, 7) is 5.80. The van der Waals surface area contributed by atoms with Crippen LogP contribution in [0.25, 0.3) is 0 Å². The van der Waals surface area contributed by atoms with Crippen molar-refractivity contribution in [1.82, 2.24) is 15.1 Å². The van der Waals surface area contributed by atoms with Crippen LogP contribution in [0.2, 0.25) is 0 Å². The van der Waals surface area contributed by atoms with Crippen LogP contribution in [0.15, 0.2) is 36.7 Å². The molecule has 1 heterocycles.